The van der Waals surface area contributed by atoms with E-state index in [1.807, 2.05) is 18.2 Å². The van der Waals surface area contributed by atoms with Crippen molar-refractivity contribution < 1.29 is 15.0 Å². The summed E-state index contributed by atoms with van der Waals surface area (Å²) in [6.07, 6.45) is 1.73. The number of aromatic hydroxyl groups is 2. The van der Waals surface area contributed by atoms with Crippen molar-refractivity contribution in [1.82, 2.24) is 4.98 Å². The smallest absolute Gasteiger partial charge is 0.194 e. The summed E-state index contributed by atoms with van der Waals surface area (Å²) in [5.41, 5.74) is 4.23. The van der Waals surface area contributed by atoms with E-state index in [0.717, 1.165) is 10.6 Å². The first-order valence-corrected chi connectivity index (χ1v) is 9.24. The van der Waals surface area contributed by atoms with Crippen molar-refractivity contribution in [3.63, 3.8) is 0 Å². The van der Waals surface area contributed by atoms with Gasteiger partial charge in [-0.25, -0.2) is 4.98 Å². The third-order valence-corrected chi connectivity index (χ3v) is 5.74. The second-order valence-corrected chi connectivity index (χ2v) is 7.37. The van der Waals surface area contributed by atoms with E-state index in [1.165, 1.54) is 11.8 Å². The summed E-state index contributed by atoms with van der Waals surface area (Å²) in [7, 11) is 0. The maximum atomic E-state index is 12.8. The Balaban J connectivity index is 1.79. The Morgan fingerprint density at radius 3 is 2.54 bits per heavy atom. The highest BCUT2D eigenvalue weighted by atomic mass is 32.2. The molecule has 1 aromatic heterocycles. The fourth-order valence-electron chi connectivity index (χ4n) is 3.39. The minimum absolute atomic E-state index is 0.127. The summed E-state index contributed by atoms with van der Waals surface area (Å²) < 4.78 is 0. The number of carbonyl (C=O) groups is 1. The zero-order chi connectivity index (χ0) is 18.4. The molecule has 130 valence electrons. The first-order valence-electron chi connectivity index (χ1n) is 8.26. The molecule has 3 aromatic rings. The van der Waals surface area contributed by atoms with E-state index in [0.29, 0.717) is 39.1 Å². The zero-order valence-electron chi connectivity index (χ0n) is 14.4. The van der Waals surface area contributed by atoms with E-state index in [-0.39, 0.29) is 17.3 Å². The molecular weight excluding hydrogens is 346 g/mol. The molecular formula is C21H17NO3S. The van der Waals surface area contributed by atoms with Crippen LogP contribution in [0.3, 0.4) is 0 Å². The average Bonchev–Trinajstić information content (AvgIpc) is 2.93. The first kappa shape index (κ1) is 16.7. The van der Waals surface area contributed by atoms with Crippen molar-refractivity contribution in [1.29, 1.82) is 0 Å². The number of benzene rings is 2. The number of hydrogen-bond donors (Lipinski definition) is 2. The molecule has 0 radical (unpaired) electrons. The topological polar surface area (TPSA) is 70.4 Å². The molecule has 0 saturated heterocycles. The van der Waals surface area contributed by atoms with Gasteiger partial charge in [0.2, 0.25) is 0 Å². The maximum absolute atomic E-state index is 12.8. The molecule has 5 heteroatoms. The second kappa shape index (κ2) is 6.18. The SMILES string of the molecule is Cc1cc2c(c(C)c1O)C(=O)c1ccc(CSc3ccccn3)c(O)c1-2. The highest BCUT2D eigenvalue weighted by Crippen LogP contribution is 2.47. The molecule has 0 bridgehead atoms. The highest BCUT2D eigenvalue weighted by molar-refractivity contribution is 7.98. The van der Waals surface area contributed by atoms with Gasteiger partial charge in [0.15, 0.2) is 5.78 Å². The molecule has 0 fully saturated rings. The van der Waals surface area contributed by atoms with Gasteiger partial charge in [0.25, 0.3) is 0 Å². The Labute approximate surface area is 155 Å². The Hall–Kier alpha value is -2.79. The lowest BCUT2D eigenvalue weighted by Gasteiger charge is -2.11. The summed E-state index contributed by atoms with van der Waals surface area (Å²) in [6.45, 7) is 3.53. The van der Waals surface area contributed by atoms with Gasteiger partial charge in [0.1, 0.15) is 11.5 Å². The van der Waals surface area contributed by atoms with Crippen LogP contribution >= 0.6 is 11.8 Å². The van der Waals surface area contributed by atoms with E-state index >= 15 is 0 Å². The zero-order valence-corrected chi connectivity index (χ0v) is 15.2. The van der Waals surface area contributed by atoms with E-state index in [4.69, 9.17) is 0 Å². The molecule has 0 saturated carbocycles. The van der Waals surface area contributed by atoms with Crippen LogP contribution in [0, 0.1) is 13.8 Å². The van der Waals surface area contributed by atoms with Crippen LogP contribution in [0.4, 0.5) is 0 Å². The third kappa shape index (κ3) is 2.47. The highest BCUT2D eigenvalue weighted by Gasteiger charge is 2.33. The lowest BCUT2D eigenvalue weighted by Crippen LogP contribution is -1.99. The van der Waals surface area contributed by atoms with Gasteiger partial charge in [-0.3, -0.25) is 4.79 Å². The molecule has 0 atom stereocenters. The monoisotopic (exact) mass is 363 g/mol. The van der Waals surface area contributed by atoms with Crippen molar-refractivity contribution in [3.8, 4) is 22.6 Å². The lowest BCUT2D eigenvalue weighted by molar-refractivity contribution is 0.104. The van der Waals surface area contributed by atoms with E-state index in [9.17, 15) is 15.0 Å². The van der Waals surface area contributed by atoms with Gasteiger partial charge in [0.05, 0.1) is 5.03 Å². The van der Waals surface area contributed by atoms with Gasteiger partial charge >= 0.3 is 0 Å². The summed E-state index contributed by atoms with van der Waals surface area (Å²) in [4.78, 5) is 17.1. The largest absolute Gasteiger partial charge is 0.507 e. The van der Waals surface area contributed by atoms with E-state index < -0.39 is 0 Å². The van der Waals surface area contributed by atoms with Crippen LogP contribution < -0.4 is 0 Å². The van der Waals surface area contributed by atoms with Crippen molar-refractivity contribution >= 4 is 17.5 Å². The van der Waals surface area contributed by atoms with Crippen LogP contribution in [0.25, 0.3) is 11.1 Å². The third-order valence-electron chi connectivity index (χ3n) is 4.75. The number of carbonyl (C=O) groups excluding carboxylic acids is 1. The molecule has 0 aliphatic heterocycles. The molecule has 1 heterocycles. The van der Waals surface area contributed by atoms with Gasteiger partial charge in [-0.1, -0.05) is 12.1 Å². The summed E-state index contributed by atoms with van der Waals surface area (Å²) >= 11 is 1.53. The molecule has 0 unspecified atom stereocenters. The molecule has 0 amide bonds. The predicted molar refractivity (Wildman–Crippen MR) is 102 cm³/mol. The number of hydrogen-bond acceptors (Lipinski definition) is 5. The van der Waals surface area contributed by atoms with E-state index in [2.05, 4.69) is 4.98 Å². The van der Waals surface area contributed by atoms with Crippen LogP contribution in [-0.4, -0.2) is 21.0 Å². The standard InChI is InChI=1S/C21H17NO3S/c1-11-9-15-17(12(2)19(11)23)21(25)14-7-6-13(20(24)18(14)15)10-26-16-5-3-4-8-22-16/h3-9,23-24H,10H2,1-2H3. The van der Waals surface area contributed by atoms with Crippen LogP contribution in [0.1, 0.15) is 32.6 Å². The normalized spacial score (nSPS) is 12.2. The van der Waals surface area contributed by atoms with Crippen LogP contribution in [0.2, 0.25) is 0 Å². The number of rotatable bonds is 3. The first-order chi connectivity index (χ1) is 12.5. The van der Waals surface area contributed by atoms with Gasteiger partial charge in [-0.05, 0) is 49.2 Å². The number of fused-ring (bicyclic) bond motifs is 3. The Bertz CT molecular complexity index is 1050. The number of thioether (sulfide) groups is 1. The lowest BCUT2D eigenvalue weighted by atomic mass is 9.96. The fourth-order valence-corrected chi connectivity index (χ4v) is 4.24. The molecule has 4 nitrogen and oxygen atoms in total. The van der Waals surface area contributed by atoms with Crippen molar-refractivity contribution in [2.45, 2.75) is 24.6 Å². The molecule has 0 spiro atoms. The quantitative estimate of drug-likeness (QED) is 0.520. The Morgan fingerprint density at radius 2 is 1.81 bits per heavy atom. The molecule has 26 heavy (non-hydrogen) atoms. The minimum atomic E-state index is -0.151. The molecule has 4 rings (SSSR count). The van der Waals surface area contributed by atoms with E-state index in [1.54, 1.807) is 38.2 Å². The van der Waals surface area contributed by atoms with Crippen LogP contribution in [-0.2, 0) is 5.75 Å². The Morgan fingerprint density at radius 1 is 1.00 bits per heavy atom. The second-order valence-electron chi connectivity index (χ2n) is 6.37. The minimum Gasteiger partial charge on any atom is -0.507 e. The number of ketones is 1. The number of phenols is 2. The summed E-state index contributed by atoms with van der Waals surface area (Å²) in [6, 6.07) is 11.0. The van der Waals surface area contributed by atoms with Crippen molar-refractivity contribution in [2.75, 3.05) is 0 Å². The maximum Gasteiger partial charge on any atom is 0.194 e. The fraction of sp³-hybridized carbons (Fsp3) is 0.143. The van der Waals surface area contributed by atoms with Crippen molar-refractivity contribution in [3.05, 3.63) is 70.4 Å². The molecule has 2 N–H and O–H groups in total. The number of aromatic nitrogens is 1. The Kier molecular flexibility index (Phi) is 3.96. The average molecular weight is 363 g/mol. The van der Waals surface area contributed by atoms with Crippen LogP contribution in [0.5, 0.6) is 11.5 Å². The van der Waals surface area contributed by atoms with Gasteiger partial charge in [0, 0.05) is 39.8 Å². The number of pyridine rings is 1. The number of phenolic OH excluding ortho intramolecular Hbond substituents is 2. The van der Waals surface area contributed by atoms with Gasteiger partial charge < -0.3 is 10.2 Å². The number of nitrogens with zero attached hydrogens (tertiary/aromatic N) is 1. The molecule has 1 aliphatic carbocycles. The van der Waals surface area contributed by atoms with Crippen LogP contribution in [0.15, 0.2) is 47.6 Å². The number of aryl methyl sites for hydroxylation is 1. The van der Waals surface area contributed by atoms with Gasteiger partial charge in [-0.2, -0.15) is 0 Å². The van der Waals surface area contributed by atoms with Crippen molar-refractivity contribution in [2.24, 2.45) is 0 Å². The molecule has 2 aromatic carbocycles. The molecule has 1 aliphatic rings. The predicted octanol–water partition coefficient (Wildman–Crippen LogP) is 4.61. The van der Waals surface area contributed by atoms with Gasteiger partial charge in [-0.15, -0.1) is 11.8 Å². The summed E-state index contributed by atoms with van der Waals surface area (Å²) in [5.74, 6) is 0.662. The summed E-state index contributed by atoms with van der Waals surface area (Å²) in [5, 5.41) is 21.9.